The average Bonchev–Trinajstić information content (AvgIpc) is 2.92. The summed E-state index contributed by atoms with van der Waals surface area (Å²) in [6.45, 7) is 2.47. The number of sulfonamides is 1. The van der Waals surface area contributed by atoms with Crippen LogP contribution in [0.5, 0.6) is 5.75 Å². The van der Waals surface area contributed by atoms with Crippen LogP contribution in [0.4, 0.5) is 0 Å². The monoisotopic (exact) mass is 362 g/mol. The van der Waals surface area contributed by atoms with Gasteiger partial charge in [0, 0.05) is 12.6 Å². The van der Waals surface area contributed by atoms with Crippen molar-refractivity contribution in [3.05, 3.63) is 22.7 Å². The van der Waals surface area contributed by atoms with Crippen molar-refractivity contribution in [3.63, 3.8) is 0 Å². The van der Waals surface area contributed by atoms with E-state index in [-0.39, 0.29) is 4.90 Å². The van der Waals surface area contributed by atoms with E-state index in [1.165, 1.54) is 13.2 Å². The SMILES string of the molecule is COc1cc(S(=O)(=O)NCCC2CCNC2)ccc1Br. The van der Waals surface area contributed by atoms with Crippen LogP contribution in [0.1, 0.15) is 12.8 Å². The minimum absolute atomic E-state index is 0.224. The average molecular weight is 363 g/mol. The molecule has 1 aliphatic rings. The quantitative estimate of drug-likeness (QED) is 0.808. The van der Waals surface area contributed by atoms with Gasteiger partial charge in [0.25, 0.3) is 0 Å². The summed E-state index contributed by atoms with van der Waals surface area (Å²) in [6.07, 6.45) is 1.98. The highest BCUT2D eigenvalue weighted by atomic mass is 79.9. The van der Waals surface area contributed by atoms with Crippen LogP contribution in [0.3, 0.4) is 0 Å². The topological polar surface area (TPSA) is 67.4 Å². The summed E-state index contributed by atoms with van der Waals surface area (Å²) in [6, 6.07) is 4.75. The third kappa shape index (κ3) is 3.94. The van der Waals surface area contributed by atoms with Crippen LogP contribution in [0.15, 0.2) is 27.6 Å². The van der Waals surface area contributed by atoms with E-state index in [4.69, 9.17) is 4.74 Å². The standard InChI is InChI=1S/C13H19BrN2O3S/c1-19-13-8-11(2-3-12(13)14)20(17,18)16-7-5-10-4-6-15-9-10/h2-3,8,10,15-16H,4-7,9H2,1H3. The number of rotatable bonds is 6. The van der Waals surface area contributed by atoms with E-state index in [1.54, 1.807) is 12.1 Å². The Hall–Kier alpha value is -0.630. The first kappa shape index (κ1) is 15.8. The molecule has 0 aliphatic carbocycles. The summed E-state index contributed by atoms with van der Waals surface area (Å²) >= 11 is 3.31. The van der Waals surface area contributed by atoms with Crippen molar-refractivity contribution in [2.75, 3.05) is 26.7 Å². The molecule has 1 fully saturated rings. The second-order valence-corrected chi connectivity index (χ2v) is 7.46. The van der Waals surface area contributed by atoms with Crippen LogP contribution in [-0.2, 0) is 10.0 Å². The van der Waals surface area contributed by atoms with Gasteiger partial charge in [-0.1, -0.05) is 0 Å². The minimum Gasteiger partial charge on any atom is -0.496 e. The summed E-state index contributed by atoms with van der Waals surface area (Å²) in [5.41, 5.74) is 0. The maximum atomic E-state index is 12.2. The number of hydrogen-bond acceptors (Lipinski definition) is 4. The maximum absolute atomic E-state index is 12.2. The van der Waals surface area contributed by atoms with Crippen LogP contribution in [0.25, 0.3) is 0 Å². The van der Waals surface area contributed by atoms with Crippen molar-refractivity contribution in [1.82, 2.24) is 10.0 Å². The van der Waals surface area contributed by atoms with Crippen molar-refractivity contribution in [3.8, 4) is 5.75 Å². The molecule has 1 atom stereocenters. The number of halogens is 1. The maximum Gasteiger partial charge on any atom is 0.240 e. The first-order valence-electron chi connectivity index (χ1n) is 6.57. The molecule has 0 bridgehead atoms. The van der Waals surface area contributed by atoms with Gasteiger partial charge < -0.3 is 10.1 Å². The van der Waals surface area contributed by atoms with Gasteiger partial charge in [-0.15, -0.1) is 0 Å². The highest BCUT2D eigenvalue weighted by Crippen LogP contribution is 2.27. The largest absolute Gasteiger partial charge is 0.496 e. The Morgan fingerprint density at radius 1 is 1.50 bits per heavy atom. The second-order valence-electron chi connectivity index (χ2n) is 4.84. The molecule has 1 aliphatic heterocycles. The fraction of sp³-hybridized carbons (Fsp3) is 0.538. The summed E-state index contributed by atoms with van der Waals surface area (Å²) in [4.78, 5) is 0.224. The van der Waals surface area contributed by atoms with Crippen LogP contribution in [0, 0.1) is 5.92 Å². The van der Waals surface area contributed by atoms with Gasteiger partial charge in [-0.3, -0.25) is 0 Å². The Morgan fingerprint density at radius 3 is 2.95 bits per heavy atom. The molecule has 0 spiro atoms. The van der Waals surface area contributed by atoms with Gasteiger partial charge in [0.2, 0.25) is 10.0 Å². The Morgan fingerprint density at radius 2 is 2.30 bits per heavy atom. The zero-order chi connectivity index (χ0) is 14.6. The zero-order valence-corrected chi connectivity index (χ0v) is 13.8. The lowest BCUT2D eigenvalue weighted by atomic mass is 10.1. The molecule has 5 nitrogen and oxygen atoms in total. The molecule has 1 saturated heterocycles. The molecular weight excluding hydrogens is 344 g/mol. The molecular formula is C13H19BrN2O3S. The molecule has 0 radical (unpaired) electrons. The molecule has 1 aromatic rings. The first-order chi connectivity index (χ1) is 9.53. The zero-order valence-electron chi connectivity index (χ0n) is 11.4. The number of benzene rings is 1. The molecule has 0 aromatic heterocycles. The molecule has 112 valence electrons. The van der Waals surface area contributed by atoms with Gasteiger partial charge >= 0.3 is 0 Å². The molecule has 2 N–H and O–H groups in total. The summed E-state index contributed by atoms with van der Waals surface area (Å²) in [7, 11) is -1.96. The summed E-state index contributed by atoms with van der Waals surface area (Å²) < 4.78 is 32.9. The predicted octanol–water partition coefficient (Wildman–Crippen LogP) is 1.74. The van der Waals surface area contributed by atoms with Gasteiger partial charge in [0.1, 0.15) is 5.75 Å². The molecule has 7 heteroatoms. The molecule has 1 unspecified atom stereocenters. The lowest BCUT2D eigenvalue weighted by molar-refractivity contribution is 0.410. The molecule has 20 heavy (non-hydrogen) atoms. The van der Waals surface area contributed by atoms with Gasteiger partial charge in [0.05, 0.1) is 16.5 Å². The number of methoxy groups -OCH3 is 1. The number of ether oxygens (including phenoxy) is 1. The molecule has 1 heterocycles. The van der Waals surface area contributed by atoms with Crippen LogP contribution < -0.4 is 14.8 Å². The van der Waals surface area contributed by atoms with Crippen molar-refractivity contribution >= 4 is 26.0 Å². The molecule has 0 saturated carbocycles. The number of nitrogens with one attached hydrogen (secondary N) is 2. The fourth-order valence-corrected chi connectivity index (χ4v) is 3.72. The van der Waals surface area contributed by atoms with Crippen molar-refractivity contribution in [2.24, 2.45) is 5.92 Å². The Labute approximate surface area is 128 Å². The first-order valence-corrected chi connectivity index (χ1v) is 8.84. The normalized spacial score (nSPS) is 19.2. The number of hydrogen-bond donors (Lipinski definition) is 2. The van der Waals surface area contributed by atoms with Crippen molar-refractivity contribution in [1.29, 1.82) is 0 Å². The second kappa shape index (κ2) is 6.89. The molecule has 2 rings (SSSR count). The Kier molecular flexibility index (Phi) is 5.42. The van der Waals surface area contributed by atoms with E-state index < -0.39 is 10.0 Å². The highest BCUT2D eigenvalue weighted by molar-refractivity contribution is 9.10. The van der Waals surface area contributed by atoms with Gasteiger partial charge in [0.15, 0.2) is 0 Å². The fourth-order valence-electron chi connectivity index (χ4n) is 2.25. The van der Waals surface area contributed by atoms with Gasteiger partial charge in [-0.2, -0.15) is 0 Å². The highest BCUT2D eigenvalue weighted by Gasteiger charge is 2.18. The smallest absolute Gasteiger partial charge is 0.240 e. The van der Waals surface area contributed by atoms with E-state index in [0.717, 1.165) is 30.4 Å². The van der Waals surface area contributed by atoms with E-state index in [2.05, 4.69) is 26.0 Å². The molecule has 1 aromatic carbocycles. The van der Waals surface area contributed by atoms with Crippen LogP contribution >= 0.6 is 15.9 Å². The van der Waals surface area contributed by atoms with Gasteiger partial charge in [-0.05, 0) is 59.9 Å². The van der Waals surface area contributed by atoms with Crippen LogP contribution in [0.2, 0.25) is 0 Å². The Balaban J connectivity index is 1.98. The van der Waals surface area contributed by atoms with E-state index in [0.29, 0.717) is 18.2 Å². The molecule has 0 amide bonds. The third-order valence-corrected chi connectivity index (χ3v) is 5.55. The van der Waals surface area contributed by atoms with E-state index in [9.17, 15) is 8.42 Å². The lowest BCUT2D eigenvalue weighted by Crippen LogP contribution is -2.26. The predicted molar refractivity (Wildman–Crippen MR) is 81.5 cm³/mol. The van der Waals surface area contributed by atoms with E-state index >= 15 is 0 Å². The third-order valence-electron chi connectivity index (χ3n) is 3.44. The van der Waals surface area contributed by atoms with Crippen molar-refractivity contribution in [2.45, 2.75) is 17.7 Å². The van der Waals surface area contributed by atoms with Crippen molar-refractivity contribution < 1.29 is 13.2 Å². The summed E-state index contributed by atoms with van der Waals surface area (Å²) in [5.74, 6) is 1.07. The van der Waals surface area contributed by atoms with E-state index in [1.807, 2.05) is 0 Å². The summed E-state index contributed by atoms with van der Waals surface area (Å²) in [5, 5.41) is 3.27. The minimum atomic E-state index is -3.47. The Bertz CT molecular complexity index is 557. The van der Waals surface area contributed by atoms with Gasteiger partial charge in [-0.25, -0.2) is 13.1 Å². The van der Waals surface area contributed by atoms with Crippen LogP contribution in [-0.4, -0.2) is 35.2 Å². The lowest BCUT2D eigenvalue weighted by Gasteiger charge is -2.11.